The second-order valence-corrected chi connectivity index (χ2v) is 3.59. The monoisotopic (exact) mass is 245 g/mol. The van der Waals surface area contributed by atoms with E-state index in [2.05, 4.69) is 0 Å². The molecule has 0 aromatic heterocycles. The van der Waals surface area contributed by atoms with Crippen molar-refractivity contribution in [1.29, 1.82) is 0 Å². The number of primary amides is 1. The van der Waals surface area contributed by atoms with E-state index < -0.39 is 18.1 Å². The zero-order chi connectivity index (χ0) is 12.3. The highest BCUT2D eigenvalue weighted by Gasteiger charge is 2.24. The molecule has 0 aliphatic carbocycles. The highest BCUT2D eigenvalue weighted by molar-refractivity contribution is 6.32. The van der Waals surface area contributed by atoms with Crippen LogP contribution in [0, 0.1) is 0 Å². The van der Waals surface area contributed by atoms with E-state index in [0.717, 1.165) is 0 Å². The average molecular weight is 246 g/mol. The number of carbonyl (C=O) groups excluding carboxylic acids is 1. The topological polar surface area (TPSA) is 92.8 Å². The van der Waals surface area contributed by atoms with Crippen molar-refractivity contribution in [3.05, 3.63) is 28.8 Å². The molecule has 6 heteroatoms. The second kappa shape index (κ2) is 5.16. The number of hydrogen-bond acceptors (Lipinski definition) is 4. The number of ether oxygens (including phenoxy) is 1. The molecule has 4 N–H and O–H groups in total. The minimum absolute atomic E-state index is 0.299. The predicted molar refractivity (Wildman–Crippen MR) is 58.2 cm³/mol. The number of aliphatic hydroxyl groups is 2. The van der Waals surface area contributed by atoms with Crippen LogP contribution < -0.4 is 10.5 Å². The largest absolute Gasteiger partial charge is 0.495 e. The number of carbonyl (C=O) groups is 1. The summed E-state index contributed by atoms with van der Waals surface area (Å²) in [4.78, 5) is 10.7. The number of hydrogen-bond donors (Lipinski definition) is 3. The van der Waals surface area contributed by atoms with E-state index >= 15 is 0 Å². The summed E-state index contributed by atoms with van der Waals surface area (Å²) in [7, 11) is 1.42. The van der Waals surface area contributed by atoms with Crippen LogP contribution >= 0.6 is 11.6 Å². The van der Waals surface area contributed by atoms with E-state index in [1.807, 2.05) is 0 Å². The van der Waals surface area contributed by atoms with Crippen LogP contribution in [-0.4, -0.2) is 29.3 Å². The van der Waals surface area contributed by atoms with Crippen molar-refractivity contribution < 1.29 is 19.7 Å². The first kappa shape index (κ1) is 12.8. The maximum atomic E-state index is 10.7. The lowest BCUT2D eigenvalue weighted by atomic mass is 10.0. The summed E-state index contributed by atoms with van der Waals surface area (Å²) in [5.41, 5.74) is 5.17. The minimum atomic E-state index is -1.66. The summed E-state index contributed by atoms with van der Waals surface area (Å²) in [6, 6.07) is 4.40. The lowest BCUT2D eigenvalue weighted by Crippen LogP contribution is -2.33. The first-order valence-electron chi connectivity index (χ1n) is 4.46. The van der Waals surface area contributed by atoms with Crippen molar-refractivity contribution in [2.45, 2.75) is 12.2 Å². The van der Waals surface area contributed by atoms with Gasteiger partial charge in [-0.05, 0) is 17.7 Å². The van der Waals surface area contributed by atoms with Gasteiger partial charge in [0.1, 0.15) is 11.9 Å². The van der Waals surface area contributed by atoms with Gasteiger partial charge < -0.3 is 20.7 Å². The van der Waals surface area contributed by atoms with Gasteiger partial charge in [-0.2, -0.15) is 0 Å². The Hall–Kier alpha value is -1.30. The number of benzene rings is 1. The zero-order valence-corrected chi connectivity index (χ0v) is 9.31. The van der Waals surface area contributed by atoms with E-state index in [-0.39, 0.29) is 0 Å². The molecular formula is C10H12ClNO4. The molecule has 88 valence electrons. The van der Waals surface area contributed by atoms with Crippen molar-refractivity contribution >= 4 is 17.5 Å². The third-order valence-electron chi connectivity index (χ3n) is 2.11. The zero-order valence-electron chi connectivity index (χ0n) is 8.55. The van der Waals surface area contributed by atoms with E-state index in [4.69, 9.17) is 22.1 Å². The molecule has 0 aliphatic heterocycles. The Kier molecular flexibility index (Phi) is 4.12. The number of amides is 1. The van der Waals surface area contributed by atoms with Crippen LogP contribution in [-0.2, 0) is 4.79 Å². The standard InChI is InChI=1S/C10H12ClNO4/c1-16-7-4-5(2-3-6(7)11)8(13)9(14)10(12)15/h2-4,8-9,13-14H,1H3,(H2,12,15). The Balaban J connectivity index is 3.00. The van der Waals surface area contributed by atoms with Crippen LogP contribution in [0.1, 0.15) is 11.7 Å². The summed E-state index contributed by atoms with van der Waals surface area (Å²) in [6.07, 6.45) is -3.06. The fourth-order valence-electron chi connectivity index (χ4n) is 1.20. The number of rotatable bonds is 4. The van der Waals surface area contributed by atoms with E-state index in [9.17, 15) is 15.0 Å². The van der Waals surface area contributed by atoms with E-state index in [1.165, 1.54) is 25.3 Å². The van der Waals surface area contributed by atoms with Gasteiger partial charge in [0, 0.05) is 0 Å². The van der Waals surface area contributed by atoms with Crippen molar-refractivity contribution in [2.75, 3.05) is 7.11 Å². The van der Waals surface area contributed by atoms with Gasteiger partial charge in [0.05, 0.1) is 12.1 Å². The fourth-order valence-corrected chi connectivity index (χ4v) is 1.39. The quantitative estimate of drug-likeness (QED) is 0.708. The maximum Gasteiger partial charge on any atom is 0.249 e. The molecule has 0 radical (unpaired) electrons. The molecule has 5 nitrogen and oxygen atoms in total. The fraction of sp³-hybridized carbons (Fsp3) is 0.300. The molecule has 2 atom stereocenters. The molecule has 0 aliphatic rings. The van der Waals surface area contributed by atoms with Gasteiger partial charge in [-0.15, -0.1) is 0 Å². The Morgan fingerprint density at radius 3 is 2.62 bits per heavy atom. The lowest BCUT2D eigenvalue weighted by molar-refractivity contribution is -0.131. The van der Waals surface area contributed by atoms with Gasteiger partial charge in [-0.25, -0.2) is 0 Å². The number of nitrogens with two attached hydrogens (primary N) is 1. The molecule has 0 heterocycles. The van der Waals surface area contributed by atoms with Crippen LogP contribution in [0.5, 0.6) is 5.75 Å². The minimum Gasteiger partial charge on any atom is -0.495 e. The molecule has 1 aromatic carbocycles. The Labute approximate surface area is 97.4 Å². The average Bonchev–Trinajstić information content (AvgIpc) is 2.27. The molecule has 16 heavy (non-hydrogen) atoms. The first-order valence-corrected chi connectivity index (χ1v) is 4.84. The summed E-state index contributed by atoms with van der Waals surface area (Å²) < 4.78 is 4.94. The van der Waals surface area contributed by atoms with Crippen LogP contribution in [0.4, 0.5) is 0 Å². The van der Waals surface area contributed by atoms with Gasteiger partial charge in [0.2, 0.25) is 5.91 Å². The Bertz CT molecular complexity index is 396. The lowest BCUT2D eigenvalue weighted by Gasteiger charge is -2.16. The summed E-state index contributed by atoms with van der Waals surface area (Å²) >= 11 is 5.78. The number of halogens is 1. The third kappa shape index (κ3) is 2.63. The summed E-state index contributed by atoms with van der Waals surface area (Å²) in [6.45, 7) is 0. The predicted octanol–water partition coefficient (Wildman–Crippen LogP) is 0.228. The molecule has 0 spiro atoms. The smallest absolute Gasteiger partial charge is 0.249 e. The third-order valence-corrected chi connectivity index (χ3v) is 2.42. The van der Waals surface area contributed by atoms with Crippen molar-refractivity contribution in [3.63, 3.8) is 0 Å². The number of aliphatic hydroxyl groups excluding tert-OH is 2. The normalized spacial score (nSPS) is 14.2. The SMILES string of the molecule is COc1cc(C(O)C(O)C(N)=O)ccc1Cl. The van der Waals surface area contributed by atoms with Crippen molar-refractivity contribution in [1.82, 2.24) is 0 Å². The molecule has 0 saturated carbocycles. The van der Waals surface area contributed by atoms with Crippen LogP contribution in [0.15, 0.2) is 18.2 Å². The van der Waals surface area contributed by atoms with Gasteiger partial charge >= 0.3 is 0 Å². The van der Waals surface area contributed by atoms with E-state index in [1.54, 1.807) is 0 Å². The molecule has 1 rings (SSSR count). The maximum absolute atomic E-state index is 10.7. The van der Waals surface area contributed by atoms with E-state index in [0.29, 0.717) is 16.3 Å². The van der Waals surface area contributed by atoms with Gasteiger partial charge in [-0.3, -0.25) is 4.79 Å². The molecule has 1 aromatic rings. The van der Waals surface area contributed by atoms with Crippen molar-refractivity contribution in [2.24, 2.45) is 5.73 Å². The Morgan fingerprint density at radius 2 is 2.12 bits per heavy atom. The van der Waals surface area contributed by atoms with Gasteiger partial charge in [0.25, 0.3) is 0 Å². The first-order chi connectivity index (χ1) is 7.47. The molecular weight excluding hydrogens is 234 g/mol. The molecule has 0 saturated heterocycles. The highest BCUT2D eigenvalue weighted by atomic mass is 35.5. The highest BCUT2D eigenvalue weighted by Crippen LogP contribution is 2.28. The Morgan fingerprint density at radius 1 is 1.50 bits per heavy atom. The van der Waals surface area contributed by atoms with Crippen LogP contribution in [0.3, 0.4) is 0 Å². The van der Waals surface area contributed by atoms with Crippen LogP contribution in [0.25, 0.3) is 0 Å². The molecule has 1 amide bonds. The molecule has 0 bridgehead atoms. The van der Waals surface area contributed by atoms with Crippen molar-refractivity contribution in [3.8, 4) is 5.75 Å². The van der Waals surface area contributed by atoms with Gasteiger partial charge in [0.15, 0.2) is 6.10 Å². The summed E-state index contributed by atoms with van der Waals surface area (Å²) in [5.74, 6) is -0.656. The van der Waals surface area contributed by atoms with Gasteiger partial charge in [-0.1, -0.05) is 17.7 Å². The molecule has 2 unspecified atom stereocenters. The second-order valence-electron chi connectivity index (χ2n) is 3.19. The van der Waals surface area contributed by atoms with Crippen LogP contribution in [0.2, 0.25) is 5.02 Å². The number of methoxy groups -OCH3 is 1. The molecule has 0 fully saturated rings. The summed E-state index contributed by atoms with van der Waals surface area (Å²) in [5, 5.41) is 19.3.